The molecule has 1 heterocycles. The Morgan fingerprint density at radius 1 is 0.875 bits per heavy atom. The van der Waals surface area contributed by atoms with Crippen LogP contribution in [0.25, 0.3) is 0 Å². The van der Waals surface area contributed by atoms with Gasteiger partial charge in [-0.2, -0.15) is 3.71 Å². The second-order valence-corrected chi connectivity index (χ2v) is 13.5. The molecule has 5 rings (SSSR count). The number of fused-ring (bicyclic) bond motifs is 5. The first-order chi connectivity index (χ1) is 15.1. The highest BCUT2D eigenvalue weighted by Gasteiger charge is 2.48. The van der Waals surface area contributed by atoms with Gasteiger partial charge in [0.2, 0.25) is 20.0 Å². The molecule has 2 aliphatic carbocycles. The minimum atomic E-state index is -3.97. The number of anilines is 2. The van der Waals surface area contributed by atoms with Crippen molar-refractivity contribution >= 4 is 31.4 Å². The van der Waals surface area contributed by atoms with Crippen molar-refractivity contribution in [2.75, 3.05) is 21.5 Å². The molecule has 0 amide bonds. The number of benzene rings is 2. The Morgan fingerprint density at radius 3 is 2.28 bits per heavy atom. The van der Waals surface area contributed by atoms with Crippen LogP contribution in [-0.2, 0) is 20.0 Å². The van der Waals surface area contributed by atoms with Gasteiger partial charge in [0.05, 0.1) is 24.2 Å². The van der Waals surface area contributed by atoms with Gasteiger partial charge < -0.3 is 5.32 Å². The monoisotopic (exact) mass is 474 g/mol. The van der Waals surface area contributed by atoms with E-state index in [4.69, 9.17) is 0 Å². The topological polar surface area (TPSA) is 83.6 Å². The Labute approximate surface area is 191 Å². The van der Waals surface area contributed by atoms with Gasteiger partial charge in [-0.15, -0.1) is 0 Å². The molecule has 172 valence electrons. The summed E-state index contributed by atoms with van der Waals surface area (Å²) < 4.78 is 49.9. The summed E-state index contributed by atoms with van der Waals surface area (Å²) in [6.07, 6.45) is 7.88. The summed E-state index contributed by atoms with van der Waals surface area (Å²) in [6.45, 7) is 0. The highest BCUT2D eigenvalue weighted by Crippen LogP contribution is 2.59. The molecule has 8 heteroatoms. The molecule has 5 atom stereocenters. The van der Waals surface area contributed by atoms with Gasteiger partial charge in [0.25, 0.3) is 0 Å². The third-order valence-electron chi connectivity index (χ3n) is 7.63. The van der Waals surface area contributed by atoms with E-state index in [0.29, 0.717) is 15.5 Å². The molecule has 3 aliphatic rings. The SMILES string of the molecule is CS(=O)(=O)N(c1ccc2c(c1)C1CCC3CCCC3C1C(c1ccccc1)N2)S(C)(=O)=O. The summed E-state index contributed by atoms with van der Waals surface area (Å²) in [5.74, 6) is 2.06. The maximum atomic E-state index is 12.3. The molecule has 2 fully saturated rings. The van der Waals surface area contributed by atoms with Crippen molar-refractivity contribution in [3.8, 4) is 0 Å². The zero-order chi connectivity index (χ0) is 22.7. The molecule has 32 heavy (non-hydrogen) atoms. The average Bonchev–Trinajstić information content (AvgIpc) is 3.20. The van der Waals surface area contributed by atoms with Crippen LogP contribution in [0, 0.1) is 17.8 Å². The summed E-state index contributed by atoms with van der Waals surface area (Å²) in [6, 6.07) is 16.0. The summed E-state index contributed by atoms with van der Waals surface area (Å²) in [7, 11) is -7.95. The normalized spacial score (nSPS) is 29.4. The molecule has 1 N–H and O–H groups in total. The second kappa shape index (κ2) is 7.76. The van der Waals surface area contributed by atoms with E-state index in [-0.39, 0.29) is 17.6 Å². The second-order valence-electron chi connectivity index (χ2n) is 9.64. The zero-order valence-electron chi connectivity index (χ0n) is 18.4. The first-order valence-electron chi connectivity index (χ1n) is 11.3. The number of hydrogen-bond donors (Lipinski definition) is 1. The highest BCUT2D eigenvalue weighted by atomic mass is 32.3. The molecule has 2 aromatic rings. The average molecular weight is 475 g/mol. The van der Waals surface area contributed by atoms with Gasteiger partial charge in [-0.25, -0.2) is 16.8 Å². The molecular formula is C24H30N2O4S2. The smallest absolute Gasteiger partial charge is 0.245 e. The van der Waals surface area contributed by atoms with Crippen molar-refractivity contribution in [1.82, 2.24) is 0 Å². The first kappa shape index (κ1) is 21.8. The Hall–Kier alpha value is -2.06. The maximum Gasteiger partial charge on any atom is 0.245 e. The van der Waals surface area contributed by atoms with E-state index in [1.165, 1.54) is 31.2 Å². The molecule has 1 aliphatic heterocycles. The summed E-state index contributed by atoms with van der Waals surface area (Å²) in [5.41, 5.74) is 3.49. The molecule has 2 aromatic carbocycles. The maximum absolute atomic E-state index is 12.3. The van der Waals surface area contributed by atoms with Crippen LogP contribution in [0.3, 0.4) is 0 Å². The van der Waals surface area contributed by atoms with E-state index < -0.39 is 20.0 Å². The van der Waals surface area contributed by atoms with Crippen LogP contribution in [-0.4, -0.2) is 29.3 Å². The fourth-order valence-electron chi connectivity index (χ4n) is 6.62. The molecule has 0 bridgehead atoms. The molecule has 2 saturated carbocycles. The largest absolute Gasteiger partial charge is 0.378 e. The molecule has 0 radical (unpaired) electrons. The number of sulfonamides is 2. The summed E-state index contributed by atoms with van der Waals surface area (Å²) in [5, 5.41) is 3.75. The zero-order valence-corrected chi connectivity index (χ0v) is 20.1. The van der Waals surface area contributed by atoms with Gasteiger partial charge in [-0.05, 0) is 72.3 Å². The summed E-state index contributed by atoms with van der Waals surface area (Å²) in [4.78, 5) is 0. The van der Waals surface area contributed by atoms with Gasteiger partial charge in [0.15, 0.2) is 0 Å². The number of rotatable bonds is 4. The Morgan fingerprint density at radius 2 is 1.59 bits per heavy atom. The van der Waals surface area contributed by atoms with Crippen LogP contribution in [0.1, 0.15) is 55.2 Å². The molecule has 5 unspecified atom stereocenters. The van der Waals surface area contributed by atoms with Gasteiger partial charge in [-0.3, -0.25) is 0 Å². The van der Waals surface area contributed by atoms with E-state index in [1.807, 2.05) is 12.1 Å². The van der Waals surface area contributed by atoms with Crippen molar-refractivity contribution in [1.29, 1.82) is 0 Å². The van der Waals surface area contributed by atoms with Crippen molar-refractivity contribution in [2.24, 2.45) is 17.8 Å². The number of nitrogens with zero attached hydrogens (tertiary/aromatic N) is 1. The van der Waals surface area contributed by atoms with Gasteiger partial charge in [-0.1, -0.05) is 43.2 Å². The van der Waals surface area contributed by atoms with Crippen molar-refractivity contribution in [2.45, 2.75) is 44.1 Å². The third-order valence-corrected chi connectivity index (χ3v) is 10.9. The fourth-order valence-corrected chi connectivity index (χ4v) is 9.58. The molecule has 0 spiro atoms. The van der Waals surface area contributed by atoms with Crippen LogP contribution >= 0.6 is 0 Å². The van der Waals surface area contributed by atoms with E-state index in [9.17, 15) is 16.8 Å². The molecule has 6 nitrogen and oxygen atoms in total. The van der Waals surface area contributed by atoms with Crippen LogP contribution in [0.5, 0.6) is 0 Å². The first-order valence-corrected chi connectivity index (χ1v) is 15.0. The van der Waals surface area contributed by atoms with Crippen LogP contribution in [0.2, 0.25) is 0 Å². The van der Waals surface area contributed by atoms with E-state index in [1.54, 1.807) is 12.1 Å². The Balaban J connectivity index is 1.63. The molecule has 0 saturated heterocycles. The lowest BCUT2D eigenvalue weighted by Gasteiger charge is -2.49. The standard InChI is InChI=1S/C24H30N2O4S2/c1-31(27,28)26(32(2,29)30)18-12-14-22-21(15-18)20-13-11-16-9-6-10-19(16)23(20)24(25-22)17-7-4-3-5-8-17/h3-5,7-8,12,14-16,19-20,23-25H,6,9-11,13H2,1-2H3. The van der Waals surface area contributed by atoms with Gasteiger partial charge >= 0.3 is 0 Å². The van der Waals surface area contributed by atoms with Crippen molar-refractivity contribution < 1.29 is 16.8 Å². The van der Waals surface area contributed by atoms with E-state index in [0.717, 1.165) is 36.1 Å². The lowest BCUT2D eigenvalue weighted by molar-refractivity contribution is 0.129. The lowest BCUT2D eigenvalue weighted by atomic mass is 9.60. The summed E-state index contributed by atoms with van der Waals surface area (Å²) >= 11 is 0. The van der Waals surface area contributed by atoms with Gasteiger partial charge in [0.1, 0.15) is 0 Å². The highest BCUT2D eigenvalue weighted by molar-refractivity contribution is 8.09. The number of nitrogens with one attached hydrogen (secondary N) is 1. The predicted octanol–water partition coefficient (Wildman–Crippen LogP) is 4.49. The third kappa shape index (κ3) is 3.71. The van der Waals surface area contributed by atoms with Crippen LogP contribution in [0.15, 0.2) is 48.5 Å². The minimum Gasteiger partial charge on any atom is -0.378 e. The van der Waals surface area contributed by atoms with E-state index >= 15 is 0 Å². The quantitative estimate of drug-likeness (QED) is 0.706. The van der Waals surface area contributed by atoms with Gasteiger partial charge in [0, 0.05) is 5.69 Å². The van der Waals surface area contributed by atoms with Crippen molar-refractivity contribution in [3.05, 3.63) is 59.7 Å². The van der Waals surface area contributed by atoms with Crippen LogP contribution < -0.4 is 9.03 Å². The number of hydrogen-bond acceptors (Lipinski definition) is 5. The minimum absolute atomic E-state index is 0.195. The Bertz CT molecular complexity index is 1200. The molecule has 0 aromatic heterocycles. The van der Waals surface area contributed by atoms with Crippen molar-refractivity contribution in [3.63, 3.8) is 0 Å². The fraction of sp³-hybridized carbons (Fsp3) is 0.500. The Kier molecular flexibility index (Phi) is 5.28. The molecular weight excluding hydrogens is 444 g/mol. The lowest BCUT2D eigenvalue weighted by Crippen LogP contribution is -2.41. The van der Waals surface area contributed by atoms with Crippen LogP contribution in [0.4, 0.5) is 11.4 Å². The van der Waals surface area contributed by atoms with E-state index in [2.05, 4.69) is 29.6 Å². The predicted molar refractivity (Wildman–Crippen MR) is 128 cm³/mol.